The Hall–Kier alpha value is -2.14. The fraction of sp³-hybridized carbons (Fsp3) is 0.444. The molecule has 2 aromatic rings. The quantitative estimate of drug-likeness (QED) is 0.823. The largest absolute Gasteiger partial charge is 0.376 e. The monoisotopic (exact) mass is 312 g/mol. The fourth-order valence-electron chi connectivity index (χ4n) is 2.73. The molecule has 2 heterocycles. The number of nitrogens with zero attached hydrogens (tertiary/aromatic N) is 2. The predicted octanol–water partition coefficient (Wildman–Crippen LogP) is 3.03. The molecular formula is C18H24N4O. The molecule has 0 aliphatic carbocycles. The molecule has 1 atom stereocenters. The summed E-state index contributed by atoms with van der Waals surface area (Å²) in [6, 6.07) is 12.4. The lowest BCUT2D eigenvalue weighted by atomic mass is 10.1. The molecule has 1 fully saturated rings. The van der Waals surface area contributed by atoms with Crippen molar-refractivity contribution in [3.8, 4) is 0 Å². The van der Waals surface area contributed by atoms with Gasteiger partial charge in [0.25, 0.3) is 0 Å². The summed E-state index contributed by atoms with van der Waals surface area (Å²) in [7, 11) is 0. The molecule has 0 bridgehead atoms. The highest BCUT2D eigenvalue weighted by molar-refractivity contribution is 5.42. The molecule has 0 radical (unpaired) electrons. The molecule has 1 aliphatic rings. The number of anilines is 2. The Morgan fingerprint density at radius 2 is 2.04 bits per heavy atom. The summed E-state index contributed by atoms with van der Waals surface area (Å²) in [4.78, 5) is 8.98. The number of aromatic nitrogens is 2. The van der Waals surface area contributed by atoms with Crippen molar-refractivity contribution in [3.63, 3.8) is 0 Å². The van der Waals surface area contributed by atoms with E-state index in [0.29, 0.717) is 5.95 Å². The highest BCUT2D eigenvalue weighted by Crippen LogP contribution is 2.14. The number of hydrogen-bond donors (Lipinski definition) is 2. The van der Waals surface area contributed by atoms with Crippen molar-refractivity contribution in [1.82, 2.24) is 9.97 Å². The van der Waals surface area contributed by atoms with Crippen LogP contribution >= 0.6 is 0 Å². The van der Waals surface area contributed by atoms with E-state index in [1.807, 2.05) is 19.1 Å². The molecule has 0 saturated carbocycles. The third kappa shape index (κ3) is 4.93. The van der Waals surface area contributed by atoms with Crippen LogP contribution in [0.15, 0.2) is 36.4 Å². The smallest absolute Gasteiger partial charge is 0.224 e. The third-order valence-corrected chi connectivity index (χ3v) is 3.93. The normalized spacial score (nSPS) is 17.2. The average Bonchev–Trinajstić information content (AvgIpc) is 3.07. The lowest BCUT2D eigenvalue weighted by Gasteiger charge is -2.12. The van der Waals surface area contributed by atoms with Crippen LogP contribution in [-0.4, -0.2) is 35.8 Å². The van der Waals surface area contributed by atoms with Crippen LogP contribution in [0.25, 0.3) is 0 Å². The second kappa shape index (κ2) is 7.92. The first-order chi connectivity index (χ1) is 11.3. The molecule has 1 aliphatic heterocycles. The van der Waals surface area contributed by atoms with Gasteiger partial charge in [0.15, 0.2) is 0 Å². The first kappa shape index (κ1) is 15.7. The van der Waals surface area contributed by atoms with Gasteiger partial charge in [-0.1, -0.05) is 30.3 Å². The fourth-order valence-corrected chi connectivity index (χ4v) is 2.73. The maximum atomic E-state index is 5.62. The van der Waals surface area contributed by atoms with Crippen LogP contribution in [-0.2, 0) is 11.2 Å². The summed E-state index contributed by atoms with van der Waals surface area (Å²) in [5.41, 5.74) is 2.28. The third-order valence-electron chi connectivity index (χ3n) is 3.93. The molecule has 3 rings (SSSR count). The van der Waals surface area contributed by atoms with Gasteiger partial charge in [0.2, 0.25) is 5.95 Å². The highest BCUT2D eigenvalue weighted by atomic mass is 16.5. The zero-order valence-electron chi connectivity index (χ0n) is 13.6. The molecule has 1 aromatic heterocycles. The summed E-state index contributed by atoms with van der Waals surface area (Å²) in [5, 5.41) is 6.67. The summed E-state index contributed by atoms with van der Waals surface area (Å²) in [6.45, 7) is 4.48. The first-order valence-corrected chi connectivity index (χ1v) is 8.28. The molecule has 1 saturated heterocycles. The molecule has 122 valence electrons. The molecular weight excluding hydrogens is 288 g/mol. The van der Waals surface area contributed by atoms with Crippen molar-refractivity contribution in [2.45, 2.75) is 32.3 Å². The SMILES string of the molecule is Cc1cc(NCCc2ccccc2)nc(NCC2CCCO2)n1. The van der Waals surface area contributed by atoms with E-state index in [2.05, 4.69) is 44.9 Å². The summed E-state index contributed by atoms with van der Waals surface area (Å²) in [6.07, 6.45) is 3.52. The molecule has 2 N–H and O–H groups in total. The van der Waals surface area contributed by atoms with Gasteiger partial charge in [-0.05, 0) is 31.7 Å². The molecule has 1 aromatic carbocycles. The number of nitrogens with one attached hydrogen (secondary N) is 2. The summed E-state index contributed by atoms with van der Waals surface area (Å²) in [5.74, 6) is 1.53. The lowest BCUT2D eigenvalue weighted by molar-refractivity contribution is 0.120. The van der Waals surface area contributed by atoms with Gasteiger partial charge in [-0.3, -0.25) is 0 Å². The Balaban J connectivity index is 1.52. The maximum absolute atomic E-state index is 5.62. The van der Waals surface area contributed by atoms with E-state index >= 15 is 0 Å². The predicted molar refractivity (Wildman–Crippen MR) is 92.9 cm³/mol. The molecule has 0 amide bonds. The van der Waals surface area contributed by atoms with Gasteiger partial charge < -0.3 is 15.4 Å². The van der Waals surface area contributed by atoms with E-state index in [1.165, 1.54) is 5.56 Å². The average molecular weight is 312 g/mol. The van der Waals surface area contributed by atoms with E-state index in [0.717, 1.165) is 50.5 Å². The second-order valence-corrected chi connectivity index (χ2v) is 5.90. The number of benzene rings is 1. The van der Waals surface area contributed by atoms with Crippen molar-refractivity contribution in [2.75, 3.05) is 30.3 Å². The minimum Gasteiger partial charge on any atom is -0.376 e. The number of hydrogen-bond acceptors (Lipinski definition) is 5. The van der Waals surface area contributed by atoms with Crippen molar-refractivity contribution < 1.29 is 4.74 Å². The lowest BCUT2D eigenvalue weighted by Crippen LogP contribution is -2.20. The molecule has 5 heteroatoms. The van der Waals surface area contributed by atoms with Crippen LogP contribution in [0.1, 0.15) is 24.1 Å². The summed E-state index contributed by atoms with van der Waals surface area (Å²) >= 11 is 0. The molecule has 0 spiro atoms. The Bertz CT molecular complexity index is 612. The van der Waals surface area contributed by atoms with Crippen molar-refractivity contribution in [2.24, 2.45) is 0 Å². The van der Waals surface area contributed by atoms with Crippen LogP contribution in [0.2, 0.25) is 0 Å². The number of rotatable bonds is 7. The van der Waals surface area contributed by atoms with Gasteiger partial charge in [0.1, 0.15) is 5.82 Å². The van der Waals surface area contributed by atoms with E-state index in [9.17, 15) is 0 Å². The topological polar surface area (TPSA) is 59.1 Å². The maximum Gasteiger partial charge on any atom is 0.224 e. The van der Waals surface area contributed by atoms with Crippen molar-refractivity contribution in [1.29, 1.82) is 0 Å². The standard InChI is InChI=1S/C18H24N4O/c1-14-12-17(19-10-9-15-6-3-2-4-7-15)22-18(21-14)20-13-16-8-5-11-23-16/h2-4,6-7,12,16H,5,8-11,13H2,1H3,(H2,19,20,21,22). The van der Waals surface area contributed by atoms with Crippen molar-refractivity contribution >= 4 is 11.8 Å². The molecule has 1 unspecified atom stereocenters. The van der Waals surface area contributed by atoms with Crippen molar-refractivity contribution in [3.05, 3.63) is 47.7 Å². The van der Waals surface area contributed by atoms with E-state index in [-0.39, 0.29) is 6.10 Å². The van der Waals surface area contributed by atoms with Gasteiger partial charge in [-0.2, -0.15) is 4.98 Å². The van der Waals surface area contributed by atoms with Crippen LogP contribution in [0.5, 0.6) is 0 Å². The minimum absolute atomic E-state index is 0.286. The second-order valence-electron chi connectivity index (χ2n) is 5.90. The van der Waals surface area contributed by atoms with Gasteiger partial charge in [0, 0.05) is 31.5 Å². The van der Waals surface area contributed by atoms with Crippen LogP contribution in [0, 0.1) is 6.92 Å². The van der Waals surface area contributed by atoms with E-state index < -0.39 is 0 Å². The van der Waals surface area contributed by atoms with Crippen LogP contribution in [0.4, 0.5) is 11.8 Å². The number of ether oxygens (including phenoxy) is 1. The van der Waals surface area contributed by atoms with Crippen LogP contribution in [0.3, 0.4) is 0 Å². The zero-order valence-corrected chi connectivity index (χ0v) is 13.6. The summed E-state index contributed by atoms with van der Waals surface area (Å²) < 4.78 is 5.62. The van der Waals surface area contributed by atoms with E-state index in [1.54, 1.807) is 0 Å². The first-order valence-electron chi connectivity index (χ1n) is 8.28. The number of aryl methyl sites for hydroxylation is 1. The zero-order chi connectivity index (χ0) is 15.9. The Kier molecular flexibility index (Phi) is 5.42. The molecule has 5 nitrogen and oxygen atoms in total. The Morgan fingerprint density at radius 3 is 2.83 bits per heavy atom. The highest BCUT2D eigenvalue weighted by Gasteiger charge is 2.15. The van der Waals surface area contributed by atoms with Crippen LogP contribution < -0.4 is 10.6 Å². The Morgan fingerprint density at radius 1 is 1.17 bits per heavy atom. The van der Waals surface area contributed by atoms with Gasteiger partial charge in [0.05, 0.1) is 6.10 Å². The molecule has 23 heavy (non-hydrogen) atoms. The van der Waals surface area contributed by atoms with Gasteiger partial charge >= 0.3 is 0 Å². The minimum atomic E-state index is 0.286. The Labute approximate surface area is 137 Å². The van der Waals surface area contributed by atoms with Gasteiger partial charge in [-0.15, -0.1) is 0 Å². The van der Waals surface area contributed by atoms with E-state index in [4.69, 9.17) is 4.74 Å². The van der Waals surface area contributed by atoms with Gasteiger partial charge in [-0.25, -0.2) is 4.98 Å².